The van der Waals surface area contributed by atoms with Gasteiger partial charge in [0.25, 0.3) is 5.91 Å². The lowest BCUT2D eigenvalue weighted by atomic mass is 9.58. The van der Waals surface area contributed by atoms with Crippen molar-refractivity contribution < 1.29 is 9.53 Å². The van der Waals surface area contributed by atoms with E-state index in [1.54, 1.807) is 24.3 Å². The highest BCUT2D eigenvalue weighted by molar-refractivity contribution is 5.75. The summed E-state index contributed by atoms with van der Waals surface area (Å²) in [6.45, 7) is 1.61. The Morgan fingerprint density at radius 3 is 2.37 bits per heavy atom. The number of hydrogen-bond donors (Lipinski definition) is 2. The first-order chi connectivity index (χ1) is 16.9. The van der Waals surface area contributed by atoms with Crippen molar-refractivity contribution in [3.05, 3.63) is 88.6 Å². The quantitative estimate of drug-likeness (QED) is 0.666. The van der Waals surface area contributed by atoms with Crippen LogP contribution in [0.3, 0.4) is 0 Å². The molecule has 2 aromatic rings. The first kappa shape index (κ1) is 23.6. The second kappa shape index (κ2) is 9.73. The predicted molar refractivity (Wildman–Crippen MR) is 128 cm³/mol. The molecule has 0 bridgehead atoms. The van der Waals surface area contributed by atoms with Gasteiger partial charge < -0.3 is 16.2 Å². The molecule has 0 spiro atoms. The number of allylic oxidation sites excluding steroid dienone is 2. The number of benzene rings is 2. The number of ether oxygens (including phenoxy) is 1. The third kappa shape index (κ3) is 4.34. The first-order valence-electron chi connectivity index (χ1n) is 11.1. The summed E-state index contributed by atoms with van der Waals surface area (Å²) in [5.41, 5.74) is 12.7. The Labute approximate surface area is 203 Å². The van der Waals surface area contributed by atoms with Crippen molar-refractivity contribution in [3.8, 4) is 24.0 Å². The molecule has 0 saturated heterocycles. The monoisotopic (exact) mass is 464 g/mol. The van der Waals surface area contributed by atoms with Crippen LogP contribution >= 0.6 is 0 Å². The Kier molecular flexibility index (Phi) is 6.55. The van der Waals surface area contributed by atoms with E-state index in [4.69, 9.17) is 16.2 Å². The van der Waals surface area contributed by atoms with Crippen molar-refractivity contribution in [2.75, 3.05) is 19.7 Å². The standard InChI is InChI=1S/C27H24N6O2/c28-12-22-21-10-11-33(13-18-4-2-1-3-5-18)14-23(21)25(27(16-29,17-30)26(22)32)19-6-8-20(9-7-19)35-15-24(31)34/h1-10,23,25H,11,13-15,32H2,(H2,31,34)/t23-,25+/m0/s1. The van der Waals surface area contributed by atoms with Gasteiger partial charge in [-0.05, 0) is 28.8 Å². The first-order valence-corrected chi connectivity index (χ1v) is 11.1. The van der Waals surface area contributed by atoms with Gasteiger partial charge in [0.05, 0.1) is 23.4 Å². The zero-order valence-electron chi connectivity index (χ0n) is 19.0. The van der Waals surface area contributed by atoms with Gasteiger partial charge >= 0.3 is 0 Å². The number of fused-ring (bicyclic) bond motifs is 1. The summed E-state index contributed by atoms with van der Waals surface area (Å²) in [7, 11) is 0. The fourth-order valence-electron chi connectivity index (χ4n) is 5.01. The highest BCUT2D eigenvalue weighted by Gasteiger charge is 2.54. The van der Waals surface area contributed by atoms with Crippen molar-refractivity contribution >= 4 is 5.91 Å². The van der Waals surface area contributed by atoms with Crippen LogP contribution in [-0.2, 0) is 11.3 Å². The molecule has 1 aliphatic heterocycles. The zero-order valence-corrected chi connectivity index (χ0v) is 19.0. The Balaban J connectivity index is 1.77. The molecule has 2 aliphatic rings. The number of hydrogen-bond acceptors (Lipinski definition) is 7. The molecule has 1 amide bonds. The normalized spacial score (nSPS) is 21.0. The van der Waals surface area contributed by atoms with E-state index in [-0.39, 0.29) is 23.8 Å². The van der Waals surface area contributed by atoms with Crippen molar-refractivity contribution in [3.63, 3.8) is 0 Å². The Hall–Kier alpha value is -4.58. The second-order valence-corrected chi connectivity index (χ2v) is 8.68. The molecule has 174 valence electrons. The van der Waals surface area contributed by atoms with Crippen molar-refractivity contribution in [2.45, 2.75) is 12.5 Å². The molecular weight excluding hydrogens is 440 g/mol. The second-order valence-electron chi connectivity index (χ2n) is 8.68. The van der Waals surface area contributed by atoms with E-state index in [1.807, 2.05) is 24.3 Å². The Morgan fingerprint density at radius 1 is 1.09 bits per heavy atom. The smallest absolute Gasteiger partial charge is 0.255 e. The van der Waals surface area contributed by atoms with E-state index in [2.05, 4.69) is 35.2 Å². The van der Waals surface area contributed by atoms with E-state index in [9.17, 15) is 20.6 Å². The van der Waals surface area contributed by atoms with Gasteiger partial charge in [0.2, 0.25) is 0 Å². The summed E-state index contributed by atoms with van der Waals surface area (Å²) >= 11 is 0. The van der Waals surface area contributed by atoms with Gasteiger partial charge in [0.15, 0.2) is 12.0 Å². The molecule has 2 atom stereocenters. The molecule has 0 radical (unpaired) electrons. The van der Waals surface area contributed by atoms with Crippen molar-refractivity contribution in [1.82, 2.24) is 4.90 Å². The molecule has 8 nitrogen and oxygen atoms in total. The lowest BCUT2D eigenvalue weighted by molar-refractivity contribution is -0.119. The minimum Gasteiger partial charge on any atom is -0.484 e. The highest BCUT2D eigenvalue weighted by Crippen LogP contribution is 2.54. The fourth-order valence-corrected chi connectivity index (χ4v) is 5.01. The van der Waals surface area contributed by atoms with Crippen LogP contribution in [0.5, 0.6) is 5.75 Å². The molecule has 4 rings (SSSR count). The Bertz CT molecular complexity index is 1290. The number of carbonyl (C=O) groups is 1. The summed E-state index contributed by atoms with van der Waals surface area (Å²) in [5.74, 6) is -1.06. The number of nitrogens with zero attached hydrogens (tertiary/aromatic N) is 4. The van der Waals surface area contributed by atoms with Crippen molar-refractivity contribution in [2.24, 2.45) is 22.8 Å². The van der Waals surface area contributed by atoms with Crippen LogP contribution in [0.1, 0.15) is 17.0 Å². The lowest BCUT2D eigenvalue weighted by Gasteiger charge is -2.45. The van der Waals surface area contributed by atoms with E-state index in [0.717, 1.165) is 16.7 Å². The van der Waals surface area contributed by atoms with Gasteiger partial charge in [0.1, 0.15) is 11.8 Å². The molecule has 2 aromatic carbocycles. The molecule has 8 heteroatoms. The van der Waals surface area contributed by atoms with E-state index in [1.165, 1.54) is 0 Å². The topological polar surface area (TPSA) is 153 Å². The van der Waals surface area contributed by atoms with Crippen LogP contribution in [0, 0.1) is 45.3 Å². The number of amides is 1. The average molecular weight is 465 g/mol. The zero-order chi connectivity index (χ0) is 25.0. The maximum Gasteiger partial charge on any atom is 0.255 e. The highest BCUT2D eigenvalue weighted by atomic mass is 16.5. The van der Waals surface area contributed by atoms with Crippen LogP contribution in [0.4, 0.5) is 0 Å². The number of nitriles is 3. The SMILES string of the molecule is N#CC1=C(N)C(C#N)(C#N)[C@H](c2ccc(OCC(N)=O)cc2)[C@H]2CN(Cc3ccccc3)CC=C12. The van der Waals surface area contributed by atoms with Crippen LogP contribution in [-0.4, -0.2) is 30.5 Å². The molecule has 0 saturated carbocycles. The van der Waals surface area contributed by atoms with E-state index >= 15 is 0 Å². The predicted octanol–water partition coefficient (Wildman–Crippen LogP) is 2.48. The minimum absolute atomic E-state index is 0.0111. The van der Waals surface area contributed by atoms with Crippen LogP contribution in [0.25, 0.3) is 0 Å². The van der Waals surface area contributed by atoms with Gasteiger partial charge in [-0.1, -0.05) is 48.5 Å². The van der Waals surface area contributed by atoms with Gasteiger partial charge in [-0.25, -0.2) is 0 Å². The molecule has 1 heterocycles. The summed E-state index contributed by atoms with van der Waals surface area (Å²) in [6, 6.07) is 23.4. The number of carbonyl (C=O) groups excluding carboxylic acids is 1. The fraction of sp³-hybridized carbons (Fsp3) is 0.259. The molecule has 1 aliphatic carbocycles. The molecule has 4 N–H and O–H groups in total. The maximum atomic E-state index is 11.0. The van der Waals surface area contributed by atoms with Gasteiger partial charge in [-0.2, -0.15) is 15.8 Å². The summed E-state index contributed by atoms with van der Waals surface area (Å²) in [5, 5.41) is 30.4. The van der Waals surface area contributed by atoms with Crippen LogP contribution < -0.4 is 16.2 Å². The maximum absolute atomic E-state index is 11.0. The van der Waals surface area contributed by atoms with Crippen molar-refractivity contribution in [1.29, 1.82) is 15.8 Å². The molecular formula is C27H24N6O2. The number of rotatable bonds is 6. The third-order valence-electron chi connectivity index (χ3n) is 6.61. The van der Waals surface area contributed by atoms with Gasteiger partial charge in [-0.15, -0.1) is 0 Å². The molecule has 0 aromatic heterocycles. The van der Waals surface area contributed by atoms with E-state index in [0.29, 0.717) is 25.4 Å². The number of primary amides is 1. The molecule has 35 heavy (non-hydrogen) atoms. The largest absolute Gasteiger partial charge is 0.484 e. The van der Waals surface area contributed by atoms with Gasteiger partial charge in [0, 0.05) is 31.5 Å². The summed E-state index contributed by atoms with van der Waals surface area (Å²) in [4.78, 5) is 13.3. The van der Waals surface area contributed by atoms with E-state index < -0.39 is 17.2 Å². The minimum atomic E-state index is -1.71. The molecule has 0 fully saturated rings. The van der Waals surface area contributed by atoms with Crippen LogP contribution in [0.2, 0.25) is 0 Å². The third-order valence-corrected chi connectivity index (χ3v) is 6.61. The number of nitrogens with two attached hydrogens (primary N) is 2. The Morgan fingerprint density at radius 2 is 1.77 bits per heavy atom. The summed E-state index contributed by atoms with van der Waals surface area (Å²) < 4.78 is 5.36. The van der Waals surface area contributed by atoms with Gasteiger partial charge in [-0.3, -0.25) is 9.69 Å². The summed E-state index contributed by atoms with van der Waals surface area (Å²) in [6.07, 6.45) is 1.98. The lowest BCUT2D eigenvalue weighted by Crippen LogP contribution is -2.47. The molecule has 0 unspecified atom stereocenters. The van der Waals surface area contributed by atoms with Crippen LogP contribution in [0.15, 0.2) is 77.5 Å². The average Bonchev–Trinajstić information content (AvgIpc) is 2.88.